The van der Waals surface area contributed by atoms with Crippen LogP contribution in [0.15, 0.2) is 18.5 Å². The normalized spacial score (nSPS) is 14.0. The summed E-state index contributed by atoms with van der Waals surface area (Å²) in [5.74, 6) is -0.0340. The highest BCUT2D eigenvalue weighted by atomic mass is 16.5. The first-order chi connectivity index (χ1) is 11.5. The molecule has 3 heterocycles. The van der Waals surface area contributed by atoms with Crippen LogP contribution in [0.1, 0.15) is 23.3 Å². The molecule has 2 aromatic rings. The SMILES string of the molecule is Cn1cc(NC(=O)c2cc(OCC(=O)N3CCCC3)n(C)n2)cn1. The number of ether oxygens (including phenoxy) is 1. The number of rotatable bonds is 5. The van der Waals surface area contributed by atoms with Crippen LogP contribution >= 0.6 is 0 Å². The fraction of sp³-hybridized carbons (Fsp3) is 0.467. The summed E-state index contributed by atoms with van der Waals surface area (Å²) in [5.41, 5.74) is 0.796. The third-order valence-electron chi connectivity index (χ3n) is 3.83. The Morgan fingerprint density at radius 1 is 1.29 bits per heavy atom. The highest BCUT2D eigenvalue weighted by Gasteiger charge is 2.20. The number of hydrogen-bond donors (Lipinski definition) is 1. The quantitative estimate of drug-likeness (QED) is 0.856. The molecular weight excluding hydrogens is 312 g/mol. The van der Waals surface area contributed by atoms with Crippen molar-refractivity contribution in [1.82, 2.24) is 24.5 Å². The average molecular weight is 332 g/mol. The molecule has 1 saturated heterocycles. The smallest absolute Gasteiger partial charge is 0.276 e. The first-order valence-corrected chi connectivity index (χ1v) is 7.77. The lowest BCUT2D eigenvalue weighted by molar-refractivity contribution is -0.132. The molecule has 0 spiro atoms. The van der Waals surface area contributed by atoms with Gasteiger partial charge in [-0.2, -0.15) is 10.2 Å². The lowest BCUT2D eigenvalue weighted by atomic mass is 10.4. The molecule has 2 aromatic heterocycles. The fourth-order valence-electron chi connectivity index (χ4n) is 2.57. The molecule has 3 rings (SSSR count). The fourth-order valence-corrected chi connectivity index (χ4v) is 2.57. The van der Waals surface area contributed by atoms with Crippen LogP contribution < -0.4 is 10.1 Å². The van der Waals surface area contributed by atoms with Crippen molar-refractivity contribution < 1.29 is 14.3 Å². The summed E-state index contributed by atoms with van der Waals surface area (Å²) in [6, 6.07) is 1.52. The molecule has 0 bridgehead atoms. The van der Waals surface area contributed by atoms with Crippen molar-refractivity contribution in [3.63, 3.8) is 0 Å². The van der Waals surface area contributed by atoms with E-state index in [-0.39, 0.29) is 24.1 Å². The lowest BCUT2D eigenvalue weighted by Gasteiger charge is -2.15. The zero-order chi connectivity index (χ0) is 17.1. The summed E-state index contributed by atoms with van der Waals surface area (Å²) in [5, 5.41) is 10.8. The maximum Gasteiger partial charge on any atom is 0.276 e. The summed E-state index contributed by atoms with van der Waals surface area (Å²) in [6.45, 7) is 1.52. The minimum Gasteiger partial charge on any atom is -0.468 e. The van der Waals surface area contributed by atoms with Gasteiger partial charge in [-0.1, -0.05) is 0 Å². The Hall–Kier alpha value is -2.84. The lowest BCUT2D eigenvalue weighted by Crippen LogP contribution is -2.32. The molecule has 9 heteroatoms. The van der Waals surface area contributed by atoms with Crippen molar-refractivity contribution in [2.24, 2.45) is 14.1 Å². The summed E-state index contributed by atoms with van der Waals surface area (Å²) >= 11 is 0. The molecule has 1 N–H and O–H groups in total. The number of amides is 2. The van der Waals surface area contributed by atoms with E-state index in [0.29, 0.717) is 11.6 Å². The molecule has 0 aromatic carbocycles. The van der Waals surface area contributed by atoms with Crippen molar-refractivity contribution in [3.05, 3.63) is 24.2 Å². The van der Waals surface area contributed by atoms with Crippen molar-refractivity contribution in [2.45, 2.75) is 12.8 Å². The first kappa shape index (κ1) is 16.0. The minimum atomic E-state index is -0.362. The van der Waals surface area contributed by atoms with Crippen LogP contribution in [0.2, 0.25) is 0 Å². The van der Waals surface area contributed by atoms with Crippen LogP contribution in [0.3, 0.4) is 0 Å². The van der Waals surface area contributed by atoms with E-state index in [9.17, 15) is 9.59 Å². The number of aromatic nitrogens is 4. The maximum absolute atomic E-state index is 12.2. The van der Waals surface area contributed by atoms with E-state index in [0.717, 1.165) is 25.9 Å². The van der Waals surface area contributed by atoms with Crippen LogP contribution in [0.5, 0.6) is 5.88 Å². The zero-order valence-corrected chi connectivity index (χ0v) is 13.7. The second-order valence-electron chi connectivity index (χ2n) is 5.72. The first-order valence-electron chi connectivity index (χ1n) is 7.77. The largest absolute Gasteiger partial charge is 0.468 e. The number of nitrogens with one attached hydrogen (secondary N) is 1. The number of nitrogens with zero attached hydrogens (tertiary/aromatic N) is 5. The molecule has 24 heavy (non-hydrogen) atoms. The Morgan fingerprint density at radius 2 is 2.04 bits per heavy atom. The molecule has 1 fully saturated rings. The van der Waals surface area contributed by atoms with E-state index in [1.807, 2.05) is 0 Å². The third-order valence-corrected chi connectivity index (χ3v) is 3.83. The molecule has 1 aliphatic heterocycles. The van der Waals surface area contributed by atoms with Gasteiger partial charge in [0.05, 0.1) is 11.9 Å². The van der Waals surface area contributed by atoms with E-state index in [1.54, 1.807) is 36.1 Å². The predicted octanol–water partition coefficient (Wildman–Crippen LogP) is 0.407. The Bertz CT molecular complexity index is 744. The van der Waals surface area contributed by atoms with Gasteiger partial charge >= 0.3 is 0 Å². The molecule has 0 unspecified atom stereocenters. The highest BCUT2D eigenvalue weighted by Crippen LogP contribution is 2.15. The predicted molar refractivity (Wildman–Crippen MR) is 85.7 cm³/mol. The monoisotopic (exact) mass is 332 g/mol. The number of hydrogen-bond acceptors (Lipinski definition) is 5. The van der Waals surface area contributed by atoms with E-state index < -0.39 is 0 Å². The van der Waals surface area contributed by atoms with Crippen molar-refractivity contribution in [2.75, 3.05) is 25.0 Å². The van der Waals surface area contributed by atoms with Gasteiger partial charge in [0.1, 0.15) is 0 Å². The topological polar surface area (TPSA) is 94.3 Å². The molecule has 0 atom stereocenters. The Morgan fingerprint density at radius 3 is 2.71 bits per heavy atom. The van der Waals surface area contributed by atoms with E-state index in [2.05, 4.69) is 15.5 Å². The minimum absolute atomic E-state index is 0.0462. The second kappa shape index (κ2) is 6.73. The summed E-state index contributed by atoms with van der Waals surface area (Å²) in [4.78, 5) is 26.0. The van der Waals surface area contributed by atoms with Gasteiger partial charge in [0.25, 0.3) is 11.8 Å². The van der Waals surface area contributed by atoms with E-state index in [1.165, 1.54) is 10.7 Å². The van der Waals surface area contributed by atoms with E-state index >= 15 is 0 Å². The van der Waals surface area contributed by atoms with Crippen LogP contribution in [-0.2, 0) is 18.9 Å². The van der Waals surface area contributed by atoms with Crippen LogP contribution in [0.25, 0.3) is 0 Å². The average Bonchev–Trinajstić information content (AvgIpc) is 3.27. The Balaban J connectivity index is 1.59. The van der Waals surface area contributed by atoms with Gasteiger partial charge in [-0.15, -0.1) is 0 Å². The van der Waals surface area contributed by atoms with Crippen molar-refractivity contribution >= 4 is 17.5 Å². The van der Waals surface area contributed by atoms with Crippen molar-refractivity contribution in [3.8, 4) is 5.88 Å². The van der Waals surface area contributed by atoms with Gasteiger partial charge in [0.15, 0.2) is 12.3 Å². The van der Waals surface area contributed by atoms with Gasteiger partial charge in [0, 0.05) is 39.4 Å². The van der Waals surface area contributed by atoms with Gasteiger partial charge in [-0.3, -0.25) is 14.3 Å². The number of carbonyl (C=O) groups is 2. The van der Waals surface area contributed by atoms with Crippen molar-refractivity contribution in [1.29, 1.82) is 0 Å². The summed E-state index contributed by atoms with van der Waals surface area (Å²) in [7, 11) is 3.43. The standard InChI is InChI=1S/C15H20N6O3/c1-19-9-11(8-16-19)17-15(23)12-7-14(20(2)18-12)24-10-13(22)21-5-3-4-6-21/h7-9H,3-6,10H2,1-2H3,(H,17,23). The van der Waals surface area contributed by atoms with Gasteiger partial charge in [0.2, 0.25) is 5.88 Å². The second-order valence-corrected chi connectivity index (χ2v) is 5.72. The van der Waals surface area contributed by atoms with Gasteiger partial charge in [-0.05, 0) is 12.8 Å². The molecule has 128 valence electrons. The van der Waals surface area contributed by atoms with Crippen LogP contribution in [0, 0.1) is 0 Å². The molecule has 2 amide bonds. The Labute approximate surface area is 139 Å². The number of likely N-dealkylation sites (tertiary alicyclic amines) is 1. The molecule has 0 radical (unpaired) electrons. The molecule has 1 aliphatic rings. The molecule has 9 nitrogen and oxygen atoms in total. The summed E-state index contributed by atoms with van der Waals surface area (Å²) < 4.78 is 8.54. The third kappa shape index (κ3) is 3.55. The van der Waals surface area contributed by atoms with Crippen LogP contribution in [0.4, 0.5) is 5.69 Å². The highest BCUT2D eigenvalue weighted by molar-refractivity contribution is 6.02. The maximum atomic E-state index is 12.2. The molecule has 0 aliphatic carbocycles. The molecular formula is C15H20N6O3. The van der Waals surface area contributed by atoms with Crippen LogP contribution in [-0.4, -0.2) is 56.0 Å². The number of aryl methyl sites for hydroxylation is 2. The van der Waals surface area contributed by atoms with Gasteiger partial charge < -0.3 is 15.0 Å². The number of carbonyl (C=O) groups excluding carboxylic acids is 2. The zero-order valence-electron chi connectivity index (χ0n) is 13.7. The summed E-state index contributed by atoms with van der Waals surface area (Å²) in [6.07, 6.45) is 5.31. The number of anilines is 1. The molecule has 0 saturated carbocycles. The van der Waals surface area contributed by atoms with E-state index in [4.69, 9.17) is 4.74 Å². The Kier molecular flexibility index (Phi) is 4.50. The van der Waals surface area contributed by atoms with Gasteiger partial charge in [-0.25, -0.2) is 4.68 Å².